The van der Waals surface area contributed by atoms with Crippen LogP contribution in [0.15, 0.2) is 24.3 Å². The first kappa shape index (κ1) is 22.5. The highest BCUT2D eigenvalue weighted by Crippen LogP contribution is 2.15. The number of rotatable bonds is 9. The third-order valence-corrected chi connectivity index (χ3v) is 4.74. The van der Waals surface area contributed by atoms with Crippen molar-refractivity contribution < 1.29 is 14.3 Å². The van der Waals surface area contributed by atoms with Crippen LogP contribution in [0.25, 0.3) is 0 Å². The minimum atomic E-state index is -0.0594. The van der Waals surface area contributed by atoms with Gasteiger partial charge >= 0.3 is 0 Å². The summed E-state index contributed by atoms with van der Waals surface area (Å²) in [4.78, 5) is 30.1. The highest BCUT2D eigenvalue weighted by Gasteiger charge is 2.22. The predicted octanol–water partition coefficient (Wildman–Crippen LogP) is 1.32. The monoisotopic (exact) mass is 410 g/mol. The lowest BCUT2D eigenvalue weighted by Gasteiger charge is -2.35. The summed E-state index contributed by atoms with van der Waals surface area (Å²) in [6.07, 6.45) is 0. The Balaban J connectivity index is 1.63. The van der Waals surface area contributed by atoms with E-state index in [0.717, 1.165) is 25.4 Å². The number of halogens is 1. The molecule has 0 radical (unpaired) electrons. The van der Waals surface area contributed by atoms with Crippen molar-refractivity contribution in [3.63, 3.8) is 0 Å². The van der Waals surface area contributed by atoms with Gasteiger partial charge in [0, 0.05) is 43.8 Å². The summed E-state index contributed by atoms with van der Waals surface area (Å²) in [5.41, 5.74) is 0. The minimum Gasteiger partial charge on any atom is -0.492 e. The van der Waals surface area contributed by atoms with Crippen molar-refractivity contribution in [2.75, 3.05) is 59.5 Å². The molecular formula is C20H31ClN4O3. The zero-order valence-electron chi connectivity index (χ0n) is 17.0. The van der Waals surface area contributed by atoms with E-state index in [1.165, 1.54) is 0 Å². The van der Waals surface area contributed by atoms with E-state index in [-0.39, 0.29) is 30.9 Å². The Hall–Kier alpha value is -1.83. The molecule has 2 rings (SSSR count). The SMILES string of the molecule is CC(C)NC(=O)CN(C)CC(=O)N1CCN(CCOc2ccc(Cl)cc2)CC1. The molecule has 7 nitrogen and oxygen atoms in total. The Morgan fingerprint density at radius 1 is 1.14 bits per heavy atom. The number of benzene rings is 1. The molecule has 1 saturated heterocycles. The summed E-state index contributed by atoms with van der Waals surface area (Å²) in [6, 6.07) is 7.44. The van der Waals surface area contributed by atoms with Gasteiger partial charge in [0.2, 0.25) is 11.8 Å². The standard InChI is InChI=1S/C20H31ClN4O3/c1-16(2)22-19(26)14-23(3)15-20(27)25-10-8-24(9-11-25)12-13-28-18-6-4-17(21)5-7-18/h4-7,16H,8-15H2,1-3H3,(H,22,26). The fourth-order valence-corrected chi connectivity index (χ4v) is 3.17. The molecule has 1 aliphatic heterocycles. The second-order valence-corrected chi connectivity index (χ2v) is 7.86. The molecule has 1 N–H and O–H groups in total. The summed E-state index contributed by atoms with van der Waals surface area (Å²) in [5.74, 6) is 0.815. The molecule has 8 heteroatoms. The molecule has 0 atom stereocenters. The van der Waals surface area contributed by atoms with Gasteiger partial charge in [-0.2, -0.15) is 0 Å². The molecule has 0 aliphatic carbocycles. The van der Waals surface area contributed by atoms with Crippen LogP contribution in [0.5, 0.6) is 5.75 Å². The Bertz CT molecular complexity index is 631. The molecule has 1 aromatic carbocycles. The molecule has 28 heavy (non-hydrogen) atoms. The van der Waals surface area contributed by atoms with E-state index in [2.05, 4.69) is 10.2 Å². The van der Waals surface area contributed by atoms with E-state index in [1.54, 1.807) is 11.9 Å². The molecule has 156 valence electrons. The van der Waals surface area contributed by atoms with Crippen molar-refractivity contribution in [1.29, 1.82) is 0 Å². The van der Waals surface area contributed by atoms with Crippen LogP contribution in [0.1, 0.15) is 13.8 Å². The van der Waals surface area contributed by atoms with Crippen molar-refractivity contribution in [3.8, 4) is 5.75 Å². The van der Waals surface area contributed by atoms with E-state index < -0.39 is 0 Å². The highest BCUT2D eigenvalue weighted by atomic mass is 35.5. The van der Waals surface area contributed by atoms with Crippen molar-refractivity contribution in [2.45, 2.75) is 19.9 Å². The third-order valence-electron chi connectivity index (χ3n) is 4.48. The second-order valence-electron chi connectivity index (χ2n) is 7.42. The first-order valence-electron chi connectivity index (χ1n) is 9.70. The molecule has 1 heterocycles. The number of nitrogens with one attached hydrogen (secondary N) is 1. The summed E-state index contributed by atoms with van der Waals surface area (Å²) < 4.78 is 5.73. The van der Waals surface area contributed by atoms with Crippen LogP contribution in [-0.4, -0.2) is 92.0 Å². The van der Waals surface area contributed by atoms with Gasteiger partial charge in [-0.25, -0.2) is 0 Å². The van der Waals surface area contributed by atoms with Gasteiger partial charge < -0.3 is 15.0 Å². The normalized spacial score (nSPS) is 15.1. The van der Waals surface area contributed by atoms with Gasteiger partial charge in [0.15, 0.2) is 0 Å². The van der Waals surface area contributed by atoms with Crippen molar-refractivity contribution >= 4 is 23.4 Å². The first-order chi connectivity index (χ1) is 13.3. The number of nitrogens with zero attached hydrogens (tertiary/aromatic N) is 3. The van der Waals surface area contributed by atoms with Crippen LogP contribution in [0.3, 0.4) is 0 Å². The number of likely N-dealkylation sites (N-methyl/N-ethyl adjacent to an activating group) is 1. The number of amides is 2. The zero-order chi connectivity index (χ0) is 20.5. The minimum absolute atomic E-state index is 0.0594. The lowest BCUT2D eigenvalue weighted by Crippen LogP contribution is -2.52. The summed E-state index contributed by atoms with van der Waals surface area (Å²) in [7, 11) is 1.79. The van der Waals surface area contributed by atoms with Crippen LogP contribution in [0.4, 0.5) is 0 Å². The molecule has 1 fully saturated rings. The van der Waals surface area contributed by atoms with Crippen molar-refractivity contribution in [1.82, 2.24) is 20.0 Å². The Morgan fingerprint density at radius 2 is 1.79 bits per heavy atom. The van der Waals surface area contributed by atoms with E-state index in [1.807, 2.05) is 43.0 Å². The van der Waals surface area contributed by atoms with Crippen LogP contribution >= 0.6 is 11.6 Å². The number of carbonyl (C=O) groups is 2. The first-order valence-corrected chi connectivity index (χ1v) is 10.1. The molecule has 0 unspecified atom stereocenters. The lowest BCUT2D eigenvalue weighted by molar-refractivity contribution is -0.134. The Labute approximate surface area is 172 Å². The van der Waals surface area contributed by atoms with Crippen LogP contribution in [0, 0.1) is 0 Å². The largest absolute Gasteiger partial charge is 0.492 e. The maximum atomic E-state index is 12.4. The second kappa shape index (κ2) is 11.2. The summed E-state index contributed by atoms with van der Waals surface area (Å²) in [6.45, 7) is 8.80. The van der Waals surface area contributed by atoms with E-state index in [0.29, 0.717) is 24.7 Å². The van der Waals surface area contributed by atoms with Crippen molar-refractivity contribution in [2.24, 2.45) is 0 Å². The van der Waals surface area contributed by atoms with Crippen LogP contribution < -0.4 is 10.1 Å². The Morgan fingerprint density at radius 3 is 2.39 bits per heavy atom. The third kappa shape index (κ3) is 8.04. The van der Waals surface area contributed by atoms with Crippen LogP contribution in [0.2, 0.25) is 5.02 Å². The molecule has 0 spiro atoms. The molecule has 1 aliphatic rings. The predicted molar refractivity (Wildman–Crippen MR) is 111 cm³/mol. The van der Waals surface area contributed by atoms with Gasteiger partial charge in [-0.15, -0.1) is 0 Å². The van der Waals surface area contributed by atoms with Gasteiger partial charge in [0.25, 0.3) is 0 Å². The summed E-state index contributed by atoms with van der Waals surface area (Å²) >= 11 is 5.86. The molecule has 0 saturated carbocycles. The lowest BCUT2D eigenvalue weighted by atomic mass is 10.3. The number of carbonyl (C=O) groups excluding carboxylic acids is 2. The Kier molecular flexibility index (Phi) is 9.02. The molecule has 0 aromatic heterocycles. The van der Waals surface area contributed by atoms with Gasteiger partial charge in [-0.05, 0) is 45.2 Å². The van der Waals surface area contributed by atoms with Crippen LogP contribution in [-0.2, 0) is 9.59 Å². The number of hydrogen-bond donors (Lipinski definition) is 1. The van der Waals surface area contributed by atoms with Gasteiger partial charge in [-0.1, -0.05) is 11.6 Å². The molecule has 0 bridgehead atoms. The quantitative estimate of drug-likeness (QED) is 0.665. The van der Waals surface area contributed by atoms with Crippen molar-refractivity contribution in [3.05, 3.63) is 29.3 Å². The van der Waals surface area contributed by atoms with Gasteiger partial charge in [-0.3, -0.25) is 19.4 Å². The number of piperazine rings is 1. The van der Waals surface area contributed by atoms with E-state index in [9.17, 15) is 9.59 Å². The summed E-state index contributed by atoms with van der Waals surface area (Å²) in [5, 5.41) is 3.53. The molecule has 1 aromatic rings. The molecule has 2 amide bonds. The maximum absolute atomic E-state index is 12.4. The smallest absolute Gasteiger partial charge is 0.236 e. The number of ether oxygens (including phenoxy) is 1. The fraction of sp³-hybridized carbons (Fsp3) is 0.600. The van der Waals surface area contributed by atoms with E-state index in [4.69, 9.17) is 16.3 Å². The number of hydrogen-bond acceptors (Lipinski definition) is 5. The highest BCUT2D eigenvalue weighted by molar-refractivity contribution is 6.30. The van der Waals surface area contributed by atoms with E-state index >= 15 is 0 Å². The van der Waals surface area contributed by atoms with Gasteiger partial charge in [0.05, 0.1) is 13.1 Å². The van der Waals surface area contributed by atoms with Gasteiger partial charge in [0.1, 0.15) is 12.4 Å². The maximum Gasteiger partial charge on any atom is 0.236 e. The topological polar surface area (TPSA) is 65.1 Å². The molecular weight excluding hydrogens is 380 g/mol. The fourth-order valence-electron chi connectivity index (χ4n) is 3.04. The average molecular weight is 411 g/mol. The average Bonchev–Trinajstić information content (AvgIpc) is 2.63. The zero-order valence-corrected chi connectivity index (χ0v) is 17.7.